The molecule has 0 bridgehead atoms. The van der Waals surface area contributed by atoms with Gasteiger partial charge in [-0.3, -0.25) is 0 Å². The maximum Gasteiger partial charge on any atom is 0.164 e. The third kappa shape index (κ3) is 11.3. The molecule has 28 rings (SSSR count). The molecule has 0 unspecified atom stereocenters. The van der Waals surface area contributed by atoms with Gasteiger partial charge in [-0.05, 0) is 248 Å². The molecule has 0 radical (unpaired) electrons. The van der Waals surface area contributed by atoms with Crippen LogP contribution in [0.25, 0.3) is 241 Å². The second kappa shape index (κ2) is 28.6. The maximum atomic E-state index is 9.62. The third-order valence-corrected chi connectivity index (χ3v) is 26.6. The van der Waals surface area contributed by atoms with Crippen LogP contribution in [0.3, 0.4) is 0 Å². The van der Waals surface area contributed by atoms with E-state index in [1.807, 2.05) is 121 Å². The molecular formula is C120H64N6O3. The molecule has 9 nitrogen and oxygen atoms in total. The van der Waals surface area contributed by atoms with Crippen LogP contribution in [0.4, 0.5) is 0 Å². The summed E-state index contributed by atoms with van der Waals surface area (Å²) in [5.41, 5.74) is 20.7. The van der Waals surface area contributed by atoms with Gasteiger partial charge in [-0.2, -0.15) is 15.8 Å². The van der Waals surface area contributed by atoms with Crippen molar-refractivity contribution in [3.63, 3.8) is 0 Å². The van der Waals surface area contributed by atoms with Crippen molar-refractivity contribution in [2.75, 3.05) is 0 Å². The molecule has 0 fully saturated rings. The molecule has 129 heavy (non-hydrogen) atoms. The molecule has 0 amide bonds. The van der Waals surface area contributed by atoms with E-state index in [0.29, 0.717) is 39.9 Å². The summed E-state index contributed by atoms with van der Waals surface area (Å²) in [5, 5.41) is 57.3. The van der Waals surface area contributed by atoms with Gasteiger partial charge in [-0.15, -0.1) is 0 Å². The fourth-order valence-corrected chi connectivity index (χ4v) is 20.8. The van der Waals surface area contributed by atoms with Crippen LogP contribution in [0.5, 0.6) is 34.5 Å². The molecule has 3 aliphatic rings. The van der Waals surface area contributed by atoms with Gasteiger partial charge < -0.3 is 14.2 Å². The first-order valence-corrected chi connectivity index (χ1v) is 43.2. The van der Waals surface area contributed by atoms with Gasteiger partial charge in [0.15, 0.2) is 17.5 Å². The van der Waals surface area contributed by atoms with Crippen molar-refractivity contribution < 1.29 is 14.2 Å². The Bertz CT molecular complexity index is 9200. The van der Waals surface area contributed by atoms with Crippen LogP contribution in [0.2, 0.25) is 0 Å². The summed E-state index contributed by atoms with van der Waals surface area (Å²) in [4.78, 5) is 15.1. The summed E-state index contributed by atoms with van der Waals surface area (Å²) < 4.78 is 19.1. The molecule has 9 heteroatoms. The second-order valence-electron chi connectivity index (χ2n) is 33.5. The van der Waals surface area contributed by atoms with Crippen molar-refractivity contribution in [3.05, 3.63) is 405 Å². The van der Waals surface area contributed by atoms with Gasteiger partial charge in [0.2, 0.25) is 0 Å². The highest BCUT2D eigenvalue weighted by molar-refractivity contribution is 6.31. The summed E-state index contributed by atoms with van der Waals surface area (Å²) in [6.07, 6.45) is 0. The highest BCUT2D eigenvalue weighted by atomic mass is 16.5. The lowest BCUT2D eigenvalue weighted by atomic mass is 9.85. The fraction of sp³-hybridized carbons (Fsp3) is 0. The number of ether oxygens (including phenoxy) is 3. The Labute approximate surface area is 738 Å². The average Bonchev–Trinajstić information content (AvgIpc) is 0.713. The maximum absolute atomic E-state index is 9.62. The van der Waals surface area contributed by atoms with Crippen molar-refractivity contribution in [1.29, 1.82) is 15.8 Å². The van der Waals surface area contributed by atoms with Gasteiger partial charge in [0.1, 0.15) is 34.5 Å². The molecule has 3 aliphatic heterocycles. The SMILES string of the molecule is N#Cc1ccc2c(c1)Oc1ccc(-c3ccc4ccc5c(-c6ccccc6)ccc6ccc3c4c65)c3cccc-2c13.N#Cc1ccc2c(c1)Oc1ccc(-c3ccc4ccc5c(-c6nc(-c7ccccc7)nc(-c7ccccc7)n6)ccc6ccc3c4c65)c3cccc-2c13.N#Cc1ccc2c3c(cccc13)-c1cc(-c3ccc4ccc5cccc6ccc3c4c56)ccc1O2. The molecule has 4 heterocycles. The number of nitriles is 3. The van der Waals surface area contributed by atoms with Crippen molar-refractivity contribution in [2.24, 2.45) is 0 Å². The molecule has 24 aromatic carbocycles. The van der Waals surface area contributed by atoms with E-state index < -0.39 is 0 Å². The predicted molar refractivity (Wildman–Crippen MR) is 525 cm³/mol. The van der Waals surface area contributed by atoms with Gasteiger partial charge in [-0.1, -0.05) is 309 Å². The van der Waals surface area contributed by atoms with Gasteiger partial charge in [0, 0.05) is 54.9 Å². The molecule has 1 aromatic heterocycles. The van der Waals surface area contributed by atoms with E-state index in [-0.39, 0.29) is 0 Å². The van der Waals surface area contributed by atoms with Crippen molar-refractivity contribution in [2.45, 2.75) is 0 Å². The van der Waals surface area contributed by atoms with Gasteiger partial charge >= 0.3 is 0 Å². The van der Waals surface area contributed by atoms with Crippen molar-refractivity contribution >= 4 is 129 Å². The highest BCUT2D eigenvalue weighted by Crippen LogP contribution is 2.56. The van der Waals surface area contributed by atoms with Crippen molar-refractivity contribution in [1.82, 2.24) is 15.0 Å². The predicted octanol–water partition coefficient (Wildman–Crippen LogP) is 32.0. The lowest BCUT2D eigenvalue weighted by Gasteiger charge is -2.23. The monoisotopic (exact) mass is 1640 g/mol. The number of nitrogens with zero attached hydrogens (tertiary/aromatic N) is 6. The van der Waals surface area contributed by atoms with Crippen LogP contribution in [0.1, 0.15) is 16.7 Å². The minimum atomic E-state index is 0.580. The molecule has 0 spiro atoms. The minimum absolute atomic E-state index is 0.580. The molecule has 0 N–H and O–H groups in total. The Balaban J connectivity index is 0.000000105. The van der Waals surface area contributed by atoms with E-state index in [1.165, 1.54) is 119 Å². The first-order valence-electron chi connectivity index (χ1n) is 43.2. The Morgan fingerprint density at radius 3 is 0.969 bits per heavy atom. The van der Waals surface area contributed by atoms with E-state index in [2.05, 4.69) is 285 Å². The topological polar surface area (TPSA) is 138 Å². The summed E-state index contributed by atoms with van der Waals surface area (Å²) in [6, 6.07) is 142. The van der Waals surface area contributed by atoms with Crippen LogP contribution in [-0.2, 0) is 0 Å². The standard InChI is InChI=1S/C48H26N4O.C39H21NO.C33H17NO/c49-27-28-14-19-35-37-13-7-12-36-34(24-25-41(45(36)37)53-42(35)26-28)33-20-15-29-17-22-39-40(23-18-30-16-21-38(33)43(29)44(30)39)48-51-46(31-8-3-1-4-9-31)50-47(52-48)32-10-5-2-6-11-32;40-22-23-9-14-30-32-8-4-7-31-29(19-20-35(39(31)32)41-36(30)21-23)28-16-11-26-12-17-33-27(24-5-2-1-3-6-24)15-10-25-13-18-34(28)38(26)37(25)33;34-18-23-12-16-30-33-25(23)5-2-6-26(33)28-17-22(11-15-29(28)35-30)24-13-9-21-8-7-19-3-1-4-20-10-14-27(24)32(21)31(19)20/h1-26H;1-21H;1-17H. The van der Waals surface area contributed by atoms with Crippen LogP contribution < -0.4 is 14.2 Å². The quantitative estimate of drug-likeness (QED) is 0.143. The number of aromatic nitrogens is 3. The Morgan fingerprint density at radius 2 is 0.496 bits per heavy atom. The summed E-state index contributed by atoms with van der Waals surface area (Å²) >= 11 is 0. The summed E-state index contributed by atoms with van der Waals surface area (Å²) in [7, 11) is 0. The third-order valence-electron chi connectivity index (χ3n) is 26.6. The van der Waals surface area contributed by atoms with Crippen LogP contribution in [0, 0.1) is 34.0 Å². The normalized spacial score (nSPS) is 12.0. The molecule has 0 saturated carbocycles. The molecule has 592 valence electrons. The number of fused-ring (bicyclic) bond motifs is 6. The minimum Gasteiger partial charge on any atom is -0.456 e. The Hall–Kier alpha value is -17.9. The van der Waals surface area contributed by atoms with Crippen LogP contribution in [-0.4, -0.2) is 15.0 Å². The second-order valence-corrected chi connectivity index (χ2v) is 33.5. The number of hydrogen-bond acceptors (Lipinski definition) is 9. The van der Waals surface area contributed by atoms with E-state index in [1.54, 1.807) is 0 Å². The fourth-order valence-electron chi connectivity index (χ4n) is 20.8. The van der Waals surface area contributed by atoms with Gasteiger partial charge in [-0.25, -0.2) is 15.0 Å². The van der Waals surface area contributed by atoms with E-state index in [9.17, 15) is 15.8 Å². The summed E-state index contributed by atoms with van der Waals surface area (Å²) in [5.74, 6) is 6.63. The Kier molecular flexibility index (Phi) is 16.1. The first-order chi connectivity index (χ1) is 63.8. The van der Waals surface area contributed by atoms with Gasteiger partial charge in [0.05, 0.1) is 34.9 Å². The summed E-state index contributed by atoms with van der Waals surface area (Å²) in [6.45, 7) is 0. The molecule has 0 atom stereocenters. The average molecular weight is 1640 g/mol. The van der Waals surface area contributed by atoms with E-state index >= 15 is 0 Å². The first kappa shape index (κ1) is 72.7. The van der Waals surface area contributed by atoms with Gasteiger partial charge in [0.25, 0.3) is 0 Å². The lowest BCUT2D eigenvalue weighted by Crippen LogP contribution is -2.00. The molecular weight excluding hydrogens is 1570 g/mol. The lowest BCUT2D eigenvalue weighted by molar-refractivity contribution is 0.486. The zero-order valence-corrected chi connectivity index (χ0v) is 68.9. The number of rotatable bonds is 7. The number of hydrogen-bond donors (Lipinski definition) is 0. The van der Waals surface area contributed by atoms with Crippen molar-refractivity contribution in [3.8, 4) is 165 Å². The van der Waals surface area contributed by atoms with Crippen LogP contribution in [0.15, 0.2) is 388 Å². The van der Waals surface area contributed by atoms with E-state index in [0.717, 1.165) is 133 Å². The zero-order valence-electron chi connectivity index (χ0n) is 68.9. The molecule has 0 aliphatic carbocycles. The largest absolute Gasteiger partial charge is 0.456 e. The highest BCUT2D eigenvalue weighted by Gasteiger charge is 2.29. The number of benzene rings is 24. The zero-order chi connectivity index (χ0) is 85.2. The Morgan fingerprint density at radius 1 is 0.171 bits per heavy atom. The smallest absolute Gasteiger partial charge is 0.164 e. The molecule has 0 saturated heterocycles. The van der Waals surface area contributed by atoms with Crippen LogP contribution >= 0.6 is 0 Å². The van der Waals surface area contributed by atoms with E-state index in [4.69, 9.17) is 29.2 Å². The molecule has 25 aromatic rings.